The van der Waals surface area contributed by atoms with Crippen molar-refractivity contribution in [3.05, 3.63) is 112 Å². The normalized spacial score (nSPS) is 11.9. The van der Waals surface area contributed by atoms with Crippen molar-refractivity contribution in [1.82, 2.24) is 39.2 Å². The summed E-state index contributed by atoms with van der Waals surface area (Å²) in [6, 6.07) is 15.6. The highest BCUT2D eigenvalue weighted by Gasteiger charge is 2.29. The summed E-state index contributed by atoms with van der Waals surface area (Å²) in [7, 11) is 1.82. The minimum Gasteiger partial charge on any atom is -0.381 e. The largest absolute Gasteiger partial charge is 0.381 e. The molecule has 0 spiro atoms. The molecule has 11 nitrogen and oxygen atoms in total. The van der Waals surface area contributed by atoms with E-state index in [1.54, 1.807) is 52.2 Å². The van der Waals surface area contributed by atoms with E-state index in [0.29, 0.717) is 33.6 Å². The molecular formula is C31H27N9O2. The Morgan fingerprint density at radius 1 is 1.05 bits per heavy atom. The van der Waals surface area contributed by atoms with Gasteiger partial charge in [-0.15, -0.1) is 5.10 Å². The topological polar surface area (TPSA) is 138 Å². The van der Waals surface area contributed by atoms with E-state index >= 15 is 0 Å². The first-order chi connectivity index (χ1) is 20.3. The number of rotatable bonds is 5. The summed E-state index contributed by atoms with van der Waals surface area (Å²) in [5.74, 6) is 6.02. The number of amides is 1. The van der Waals surface area contributed by atoms with Gasteiger partial charge in [0.15, 0.2) is 11.5 Å². The lowest BCUT2D eigenvalue weighted by Crippen LogP contribution is -2.37. The molecule has 0 saturated carbocycles. The monoisotopic (exact) mass is 557 g/mol. The van der Waals surface area contributed by atoms with E-state index in [9.17, 15) is 9.59 Å². The minimum absolute atomic E-state index is 0.0532. The number of hydrogen-bond acceptors (Lipinski definition) is 7. The van der Waals surface area contributed by atoms with Crippen LogP contribution in [0.4, 0.5) is 5.82 Å². The van der Waals surface area contributed by atoms with Crippen molar-refractivity contribution in [3.8, 4) is 17.5 Å². The van der Waals surface area contributed by atoms with E-state index in [2.05, 4.69) is 32.3 Å². The van der Waals surface area contributed by atoms with Crippen LogP contribution in [0.1, 0.15) is 47.2 Å². The maximum atomic E-state index is 14.3. The number of anilines is 1. The Labute approximate surface area is 240 Å². The predicted molar refractivity (Wildman–Crippen MR) is 159 cm³/mol. The number of nitrogens with two attached hydrogens (primary N) is 1. The van der Waals surface area contributed by atoms with E-state index in [-0.39, 0.29) is 22.9 Å². The Morgan fingerprint density at radius 3 is 2.60 bits per heavy atom. The van der Waals surface area contributed by atoms with Gasteiger partial charge in [0.05, 0.1) is 34.4 Å². The number of nitrogens with one attached hydrogen (secondary N) is 1. The second-order valence-corrected chi connectivity index (χ2v) is 10.1. The van der Waals surface area contributed by atoms with Crippen LogP contribution in [0.25, 0.3) is 22.2 Å². The van der Waals surface area contributed by atoms with E-state index in [4.69, 9.17) is 10.7 Å². The second kappa shape index (κ2) is 10.7. The van der Waals surface area contributed by atoms with Crippen molar-refractivity contribution in [2.24, 2.45) is 13.0 Å². The number of nitrogens with zero attached hydrogens (tertiary/aromatic N) is 7. The molecule has 0 bridgehead atoms. The molecule has 1 amide bonds. The van der Waals surface area contributed by atoms with Crippen LogP contribution < -0.4 is 16.6 Å². The second-order valence-electron chi connectivity index (χ2n) is 10.1. The van der Waals surface area contributed by atoms with Crippen molar-refractivity contribution in [2.75, 3.05) is 5.73 Å². The van der Waals surface area contributed by atoms with Gasteiger partial charge in [-0.25, -0.2) is 14.5 Å². The fourth-order valence-corrected chi connectivity index (χ4v) is 4.88. The Bertz CT molecular complexity index is 2080. The first-order valence-electron chi connectivity index (χ1n) is 13.3. The molecule has 2 aromatic carbocycles. The SMILES string of the molecule is CC(C)C(NC(=O)c1c(N)nn2cccnc12)c1nc2cccc(C#Cc3cnn(C)c3)c2c(=O)n1-c1ccccc1. The average molecular weight is 558 g/mol. The van der Waals surface area contributed by atoms with Gasteiger partial charge in [0.25, 0.3) is 11.5 Å². The smallest absolute Gasteiger partial charge is 0.267 e. The quantitative estimate of drug-likeness (QED) is 0.310. The van der Waals surface area contributed by atoms with Crippen molar-refractivity contribution >= 4 is 28.3 Å². The van der Waals surface area contributed by atoms with Gasteiger partial charge in [0.1, 0.15) is 11.4 Å². The van der Waals surface area contributed by atoms with Crippen LogP contribution in [0.2, 0.25) is 0 Å². The lowest BCUT2D eigenvalue weighted by molar-refractivity contribution is 0.0924. The molecule has 6 aromatic rings. The average Bonchev–Trinajstić information content (AvgIpc) is 3.56. The van der Waals surface area contributed by atoms with E-state index in [1.165, 1.54) is 4.52 Å². The molecule has 4 aromatic heterocycles. The third kappa shape index (κ3) is 4.75. The molecule has 0 radical (unpaired) electrons. The fraction of sp³-hybridized carbons (Fsp3) is 0.161. The van der Waals surface area contributed by atoms with Gasteiger partial charge >= 0.3 is 0 Å². The number of carbonyl (C=O) groups is 1. The summed E-state index contributed by atoms with van der Waals surface area (Å²) in [4.78, 5) is 37.3. The number of hydrogen-bond donors (Lipinski definition) is 2. The van der Waals surface area contributed by atoms with Gasteiger partial charge in [-0.1, -0.05) is 50.0 Å². The first-order valence-corrected chi connectivity index (χ1v) is 13.3. The van der Waals surface area contributed by atoms with E-state index < -0.39 is 11.9 Å². The number of aryl methyl sites for hydroxylation is 1. The van der Waals surface area contributed by atoms with Crippen molar-refractivity contribution < 1.29 is 4.79 Å². The highest BCUT2D eigenvalue weighted by Crippen LogP contribution is 2.26. The first kappa shape index (κ1) is 26.5. The Hall–Kier alpha value is -5.76. The fourth-order valence-electron chi connectivity index (χ4n) is 4.88. The molecule has 0 saturated heterocycles. The van der Waals surface area contributed by atoms with Crippen LogP contribution in [0.5, 0.6) is 0 Å². The Kier molecular flexibility index (Phi) is 6.72. The lowest BCUT2D eigenvalue weighted by atomic mass is 10.0. The number of carbonyl (C=O) groups excluding carboxylic acids is 1. The van der Waals surface area contributed by atoms with Crippen molar-refractivity contribution in [2.45, 2.75) is 19.9 Å². The maximum absolute atomic E-state index is 14.3. The molecule has 11 heteroatoms. The van der Waals surface area contributed by atoms with E-state index in [1.807, 2.05) is 57.3 Å². The van der Waals surface area contributed by atoms with Gasteiger partial charge < -0.3 is 11.1 Å². The summed E-state index contributed by atoms with van der Waals surface area (Å²) in [5.41, 5.74) is 8.67. The third-order valence-corrected chi connectivity index (χ3v) is 6.87. The molecule has 0 aliphatic heterocycles. The third-order valence-electron chi connectivity index (χ3n) is 6.87. The van der Waals surface area contributed by atoms with Crippen LogP contribution in [0.3, 0.4) is 0 Å². The van der Waals surface area contributed by atoms with Crippen LogP contribution >= 0.6 is 0 Å². The highest BCUT2D eigenvalue weighted by atomic mass is 16.2. The number of nitrogen functional groups attached to an aromatic ring is 1. The summed E-state index contributed by atoms with van der Waals surface area (Å²) < 4.78 is 4.66. The number of aromatic nitrogens is 7. The molecule has 1 unspecified atom stereocenters. The summed E-state index contributed by atoms with van der Waals surface area (Å²) in [5, 5.41) is 11.8. The van der Waals surface area contributed by atoms with Gasteiger partial charge in [0, 0.05) is 31.2 Å². The number of para-hydroxylation sites is 1. The molecule has 0 aliphatic carbocycles. The van der Waals surface area contributed by atoms with Crippen molar-refractivity contribution in [3.63, 3.8) is 0 Å². The Morgan fingerprint density at radius 2 is 1.86 bits per heavy atom. The molecule has 208 valence electrons. The van der Waals surface area contributed by atoms with Crippen LogP contribution in [-0.4, -0.2) is 39.8 Å². The molecule has 6 rings (SSSR count). The van der Waals surface area contributed by atoms with E-state index in [0.717, 1.165) is 5.56 Å². The lowest BCUT2D eigenvalue weighted by Gasteiger charge is -2.25. The number of fused-ring (bicyclic) bond motifs is 2. The highest BCUT2D eigenvalue weighted by molar-refractivity contribution is 6.04. The van der Waals surface area contributed by atoms with Gasteiger partial charge in [0.2, 0.25) is 0 Å². The number of benzene rings is 2. The minimum atomic E-state index is -0.669. The predicted octanol–water partition coefficient (Wildman–Crippen LogP) is 3.27. The summed E-state index contributed by atoms with van der Waals surface area (Å²) >= 11 is 0. The van der Waals surface area contributed by atoms with Crippen LogP contribution in [0.15, 0.2) is 84.2 Å². The molecule has 0 fully saturated rings. The molecule has 4 heterocycles. The zero-order valence-electron chi connectivity index (χ0n) is 23.2. The van der Waals surface area contributed by atoms with Crippen LogP contribution in [0, 0.1) is 17.8 Å². The molecular weight excluding hydrogens is 530 g/mol. The summed E-state index contributed by atoms with van der Waals surface area (Å²) in [6.07, 6.45) is 6.71. The van der Waals surface area contributed by atoms with Crippen molar-refractivity contribution in [1.29, 1.82) is 0 Å². The van der Waals surface area contributed by atoms with Gasteiger partial charge in [-0.3, -0.25) is 18.8 Å². The van der Waals surface area contributed by atoms with Crippen LogP contribution in [-0.2, 0) is 7.05 Å². The molecule has 3 N–H and O–H groups in total. The Balaban J connectivity index is 1.53. The molecule has 1 atom stereocenters. The zero-order valence-corrected chi connectivity index (χ0v) is 23.2. The molecule has 0 aliphatic rings. The van der Waals surface area contributed by atoms with Gasteiger partial charge in [-0.2, -0.15) is 5.10 Å². The standard InChI is InChI=1S/C31H27N9O2/c1-19(2)26(36-30(41)25-27(32)37-39-16-8-15-33-28(25)39)29-35-23-12-7-9-21(14-13-20-17-34-38(3)18-20)24(23)31(42)40(29)22-10-5-4-6-11-22/h4-12,15-19,26H,1-3H3,(H2,32,37)(H,36,41). The molecule has 42 heavy (non-hydrogen) atoms. The maximum Gasteiger partial charge on any atom is 0.267 e. The van der Waals surface area contributed by atoms with Gasteiger partial charge in [-0.05, 0) is 36.2 Å². The summed E-state index contributed by atoms with van der Waals surface area (Å²) in [6.45, 7) is 3.90. The zero-order chi connectivity index (χ0) is 29.4.